The molecule has 2 rings (SSSR count). The number of amides is 1. The molecular formula is C13H13N3O4. The number of benzene rings is 1. The van der Waals surface area contributed by atoms with Crippen LogP contribution < -0.4 is 5.32 Å². The van der Waals surface area contributed by atoms with Crippen LogP contribution in [0.5, 0.6) is 0 Å². The Hall–Kier alpha value is -2.67. The van der Waals surface area contributed by atoms with Crippen molar-refractivity contribution in [3.63, 3.8) is 0 Å². The maximum atomic E-state index is 11.7. The molecule has 0 aliphatic heterocycles. The molecule has 4 N–H and O–H groups in total. The summed E-state index contributed by atoms with van der Waals surface area (Å²) in [6.45, 7) is -0.367. The maximum absolute atomic E-state index is 11.7. The molecule has 1 unspecified atom stereocenters. The van der Waals surface area contributed by atoms with Crippen LogP contribution in [0.1, 0.15) is 10.5 Å². The zero-order valence-electron chi connectivity index (χ0n) is 10.4. The zero-order valence-corrected chi connectivity index (χ0v) is 10.4. The molecule has 0 fully saturated rings. The topological polar surface area (TPSA) is 115 Å². The number of hydrogen-bond donors (Lipinski definition) is 4. The van der Waals surface area contributed by atoms with Gasteiger partial charge in [0.05, 0.1) is 12.2 Å². The molecule has 1 aromatic carbocycles. The van der Waals surface area contributed by atoms with Crippen LogP contribution in [0.4, 0.5) is 0 Å². The third-order valence-electron chi connectivity index (χ3n) is 2.63. The smallest absolute Gasteiger partial charge is 0.334 e. The van der Waals surface area contributed by atoms with E-state index in [0.717, 1.165) is 5.56 Å². The highest BCUT2D eigenvalue weighted by Gasteiger charge is 2.16. The Bertz CT molecular complexity index is 609. The minimum atomic E-state index is -1.63. The van der Waals surface area contributed by atoms with Gasteiger partial charge in [0.2, 0.25) is 0 Å². The normalized spacial score (nSPS) is 11.8. The van der Waals surface area contributed by atoms with E-state index in [0.29, 0.717) is 5.69 Å². The number of carboxylic acid groups (broad SMARTS) is 1. The monoisotopic (exact) mass is 275 g/mol. The van der Waals surface area contributed by atoms with Crippen LogP contribution in [0.3, 0.4) is 0 Å². The van der Waals surface area contributed by atoms with E-state index in [9.17, 15) is 9.59 Å². The number of H-pyrrole nitrogens is 1. The summed E-state index contributed by atoms with van der Waals surface area (Å²) in [5, 5.41) is 26.4. The van der Waals surface area contributed by atoms with Crippen molar-refractivity contribution in [2.75, 3.05) is 6.54 Å². The van der Waals surface area contributed by atoms with E-state index in [1.54, 1.807) is 6.07 Å². The van der Waals surface area contributed by atoms with Crippen molar-refractivity contribution in [1.82, 2.24) is 15.5 Å². The molecule has 0 spiro atoms. The number of carbonyl (C=O) groups excluding carboxylic acids is 1. The van der Waals surface area contributed by atoms with Crippen molar-refractivity contribution in [1.29, 1.82) is 0 Å². The van der Waals surface area contributed by atoms with Crippen molar-refractivity contribution < 1.29 is 19.8 Å². The highest BCUT2D eigenvalue weighted by molar-refractivity contribution is 5.93. The molecular weight excluding hydrogens is 262 g/mol. The lowest BCUT2D eigenvalue weighted by Crippen LogP contribution is -2.36. The van der Waals surface area contributed by atoms with Gasteiger partial charge in [-0.2, -0.15) is 5.10 Å². The van der Waals surface area contributed by atoms with Gasteiger partial charge in [-0.1, -0.05) is 30.3 Å². The van der Waals surface area contributed by atoms with E-state index < -0.39 is 18.0 Å². The van der Waals surface area contributed by atoms with Gasteiger partial charge in [0.15, 0.2) is 6.10 Å². The van der Waals surface area contributed by atoms with Gasteiger partial charge in [-0.05, 0) is 6.07 Å². The molecule has 2 aromatic rings. The predicted octanol–water partition coefficient (Wildman–Crippen LogP) is 0.252. The second kappa shape index (κ2) is 5.98. The van der Waals surface area contributed by atoms with Gasteiger partial charge >= 0.3 is 5.97 Å². The summed E-state index contributed by atoms with van der Waals surface area (Å²) in [6, 6.07) is 10.8. The second-order valence-electron chi connectivity index (χ2n) is 4.10. The van der Waals surface area contributed by atoms with Crippen LogP contribution in [0.25, 0.3) is 11.3 Å². The van der Waals surface area contributed by atoms with Crippen LogP contribution in [-0.2, 0) is 4.79 Å². The first-order valence-corrected chi connectivity index (χ1v) is 5.88. The lowest BCUT2D eigenvalue weighted by atomic mass is 10.1. The fourth-order valence-corrected chi connectivity index (χ4v) is 1.57. The number of carboxylic acids is 1. The summed E-state index contributed by atoms with van der Waals surface area (Å²) in [5.41, 5.74) is 1.66. The number of aromatic amines is 1. The second-order valence-corrected chi connectivity index (χ2v) is 4.10. The molecule has 104 valence electrons. The van der Waals surface area contributed by atoms with Gasteiger partial charge in [-0.15, -0.1) is 0 Å². The number of aliphatic hydroxyl groups is 1. The fourth-order valence-electron chi connectivity index (χ4n) is 1.57. The van der Waals surface area contributed by atoms with Crippen molar-refractivity contribution in [2.24, 2.45) is 0 Å². The molecule has 0 aliphatic carbocycles. The van der Waals surface area contributed by atoms with Gasteiger partial charge in [0, 0.05) is 5.56 Å². The molecule has 0 aliphatic rings. The summed E-state index contributed by atoms with van der Waals surface area (Å²) in [7, 11) is 0. The molecule has 7 heteroatoms. The summed E-state index contributed by atoms with van der Waals surface area (Å²) < 4.78 is 0. The number of aliphatic carboxylic acids is 1. The van der Waals surface area contributed by atoms with Gasteiger partial charge in [-0.25, -0.2) is 4.79 Å². The lowest BCUT2D eigenvalue weighted by molar-refractivity contribution is -0.146. The summed E-state index contributed by atoms with van der Waals surface area (Å²) in [4.78, 5) is 22.1. The summed E-state index contributed by atoms with van der Waals surface area (Å²) >= 11 is 0. The van der Waals surface area contributed by atoms with Crippen molar-refractivity contribution in [3.8, 4) is 11.3 Å². The van der Waals surface area contributed by atoms with Crippen molar-refractivity contribution in [2.45, 2.75) is 6.10 Å². The molecule has 1 atom stereocenters. The third-order valence-corrected chi connectivity index (χ3v) is 2.63. The number of aromatic nitrogens is 2. The first-order valence-electron chi connectivity index (χ1n) is 5.88. The Balaban J connectivity index is 2.02. The molecule has 1 heterocycles. The minimum absolute atomic E-state index is 0.196. The quantitative estimate of drug-likeness (QED) is 0.624. The molecule has 1 amide bonds. The fraction of sp³-hybridized carbons (Fsp3) is 0.154. The summed E-state index contributed by atoms with van der Waals surface area (Å²) in [6.07, 6.45) is -1.63. The van der Waals surface area contributed by atoms with Crippen LogP contribution in [0, 0.1) is 0 Å². The number of carbonyl (C=O) groups is 2. The zero-order chi connectivity index (χ0) is 14.5. The standard InChI is InChI=1S/C13H13N3O4/c17-11(13(19)20)7-14-12(18)10-6-9(15-16-10)8-4-2-1-3-5-8/h1-6,11,17H,7H2,(H,14,18)(H,15,16)(H,19,20). The Morgan fingerprint density at radius 2 is 2.00 bits per heavy atom. The molecule has 20 heavy (non-hydrogen) atoms. The first kappa shape index (κ1) is 13.8. The van der Waals surface area contributed by atoms with Crippen LogP contribution >= 0.6 is 0 Å². The molecule has 0 bridgehead atoms. The number of aliphatic hydroxyl groups excluding tert-OH is 1. The Morgan fingerprint density at radius 1 is 1.30 bits per heavy atom. The Kier molecular flexibility index (Phi) is 4.11. The van der Waals surface area contributed by atoms with Crippen LogP contribution in [0.15, 0.2) is 36.4 Å². The van der Waals surface area contributed by atoms with Crippen LogP contribution in [-0.4, -0.2) is 44.9 Å². The molecule has 0 saturated carbocycles. The number of rotatable bonds is 5. The molecule has 7 nitrogen and oxygen atoms in total. The summed E-state index contributed by atoms with van der Waals surface area (Å²) in [5.74, 6) is -1.92. The number of hydrogen-bond acceptors (Lipinski definition) is 4. The van der Waals surface area contributed by atoms with E-state index in [1.807, 2.05) is 30.3 Å². The molecule has 0 saturated heterocycles. The average molecular weight is 275 g/mol. The third kappa shape index (κ3) is 3.21. The molecule has 1 aromatic heterocycles. The average Bonchev–Trinajstić information content (AvgIpc) is 2.95. The van der Waals surface area contributed by atoms with E-state index in [-0.39, 0.29) is 12.2 Å². The van der Waals surface area contributed by atoms with Gasteiger partial charge < -0.3 is 15.5 Å². The molecule has 0 radical (unpaired) electrons. The highest BCUT2D eigenvalue weighted by Crippen LogP contribution is 2.16. The lowest BCUT2D eigenvalue weighted by Gasteiger charge is -2.05. The predicted molar refractivity (Wildman–Crippen MR) is 70.0 cm³/mol. The van der Waals surface area contributed by atoms with E-state index in [4.69, 9.17) is 10.2 Å². The van der Waals surface area contributed by atoms with Crippen LogP contribution in [0.2, 0.25) is 0 Å². The Morgan fingerprint density at radius 3 is 2.65 bits per heavy atom. The SMILES string of the molecule is O=C(NCC(O)C(=O)O)c1cc(-c2ccccc2)n[nH]1. The van der Waals surface area contributed by atoms with Gasteiger partial charge in [0.25, 0.3) is 5.91 Å². The van der Waals surface area contributed by atoms with E-state index >= 15 is 0 Å². The largest absolute Gasteiger partial charge is 0.479 e. The van der Waals surface area contributed by atoms with E-state index in [2.05, 4.69) is 15.5 Å². The first-order chi connectivity index (χ1) is 9.58. The van der Waals surface area contributed by atoms with Gasteiger partial charge in [-0.3, -0.25) is 9.89 Å². The van der Waals surface area contributed by atoms with Gasteiger partial charge in [0.1, 0.15) is 5.69 Å². The van der Waals surface area contributed by atoms with E-state index in [1.165, 1.54) is 0 Å². The number of nitrogens with one attached hydrogen (secondary N) is 2. The highest BCUT2D eigenvalue weighted by atomic mass is 16.4. The Labute approximate surface area is 114 Å². The maximum Gasteiger partial charge on any atom is 0.334 e. The minimum Gasteiger partial charge on any atom is -0.479 e. The van der Waals surface area contributed by atoms with Crippen molar-refractivity contribution >= 4 is 11.9 Å². The van der Waals surface area contributed by atoms with Crippen molar-refractivity contribution in [3.05, 3.63) is 42.1 Å². The number of nitrogens with zero attached hydrogens (tertiary/aromatic N) is 1.